The third-order valence-corrected chi connectivity index (χ3v) is 7.27. The molecule has 9 nitrogen and oxygen atoms in total. The van der Waals surface area contributed by atoms with Crippen molar-refractivity contribution in [1.29, 1.82) is 0 Å². The Morgan fingerprint density at radius 2 is 1.63 bits per heavy atom. The molecule has 1 atom stereocenters. The van der Waals surface area contributed by atoms with E-state index in [4.69, 9.17) is 9.84 Å². The van der Waals surface area contributed by atoms with E-state index >= 15 is 0 Å². The van der Waals surface area contributed by atoms with Crippen molar-refractivity contribution in [1.82, 2.24) is 20.0 Å². The molecule has 0 saturated carbocycles. The van der Waals surface area contributed by atoms with E-state index in [0.29, 0.717) is 12.3 Å². The van der Waals surface area contributed by atoms with Crippen LogP contribution in [0.25, 0.3) is 0 Å². The molecule has 1 unspecified atom stereocenters. The molecule has 4 amide bonds. The summed E-state index contributed by atoms with van der Waals surface area (Å²) in [6, 6.07) is 14.4. The van der Waals surface area contributed by atoms with Crippen LogP contribution in [0.3, 0.4) is 0 Å². The van der Waals surface area contributed by atoms with Crippen LogP contribution in [0.4, 0.5) is 4.79 Å². The molecule has 9 heteroatoms. The van der Waals surface area contributed by atoms with Crippen molar-refractivity contribution >= 4 is 18.3 Å². The predicted octanol–water partition coefficient (Wildman–Crippen LogP) is 5.23. The minimum absolute atomic E-state index is 0.0463. The average Bonchev–Trinajstić information content (AvgIpc) is 2.97. The van der Waals surface area contributed by atoms with Crippen molar-refractivity contribution in [2.24, 2.45) is 5.41 Å². The van der Waals surface area contributed by atoms with E-state index in [2.05, 4.69) is 12.2 Å². The zero-order valence-electron chi connectivity index (χ0n) is 26.1. The number of carbonyl (C=O) groups is 3. The van der Waals surface area contributed by atoms with Crippen LogP contribution in [0.5, 0.6) is 11.5 Å². The maximum absolute atomic E-state index is 12.5. The number of ether oxygens (including phenoxy) is 1. The summed E-state index contributed by atoms with van der Waals surface area (Å²) in [7, 11) is 7.37. The fourth-order valence-electron chi connectivity index (χ4n) is 4.21. The Labute approximate surface area is 246 Å². The summed E-state index contributed by atoms with van der Waals surface area (Å²) in [5.41, 5.74) is 1.86. The van der Waals surface area contributed by atoms with Gasteiger partial charge < -0.3 is 25.0 Å². The highest BCUT2D eigenvalue weighted by atomic mass is 16.5. The van der Waals surface area contributed by atoms with Crippen LogP contribution < -0.4 is 10.1 Å². The molecule has 2 aromatic carbocycles. The van der Waals surface area contributed by atoms with Crippen molar-refractivity contribution in [3.05, 3.63) is 59.7 Å². The van der Waals surface area contributed by atoms with Crippen LogP contribution in [0.1, 0.15) is 63.6 Å². The number of phenols is 1. The zero-order chi connectivity index (χ0) is 31.0. The number of likely N-dealkylation sites (N-methyl/N-ethyl adjacent to an activating group) is 2. The van der Waals surface area contributed by atoms with Gasteiger partial charge in [-0.2, -0.15) is 0 Å². The van der Waals surface area contributed by atoms with Gasteiger partial charge in [-0.15, -0.1) is 0 Å². The van der Waals surface area contributed by atoms with Gasteiger partial charge in [-0.3, -0.25) is 14.5 Å². The van der Waals surface area contributed by atoms with E-state index in [1.54, 1.807) is 31.2 Å². The van der Waals surface area contributed by atoms with Gasteiger partial charge in [0.15, 0.2) is 0 Å². The van der Waals surface area contributed by atoms with Gasteiger partial charge in [0.1, 0.15) is 11.5 Å². The second-order valence-electron chi connectivity index (χ2n) is 10.7. The van der Waals surface area contributed by atoms with Gasteiger partial charge in [-0.05, 0) is 70.1 Å². The van der Waals surface area contributed by atoms with Gasteiger partial charge in [-0.1, -0.05) is 57.0 Å². The maximum atomic E-state index is 12.5. The molecule has 2 N–H and O–H groups in total. The molecule has 0 radical (unpaired) electrons. The van der Waals surface area contributed by atoms with Gasteiger partial charge in [0, 0.05) is 26.7 Å². The lowest BCUT2D eigenvalue weighted by molar-refractivity contribution is -0.155. The van der Waals surface area contributed by atoms with Gasteiger partial charge in [0.25, 0.3) is 0 Å². The molecule has 228 valence electrons. The Kier molecular flexibility index (Phi) is 15.5. The second kappa shape index (κ2) is 18.0. The number of hydrogen-bond acceptors (Lipinski definition) is 6. The number of β-lactam (4-membered cyclic amide) rings is 1. The number of hydrogen-bond donors (Lipinski definition) is 2. The summed E-state index contributed by atoms with van der Waals surface area (Å²) in [6.45, 7) is 10.3. The highest BCUT2D eigenvalue weighted by Crippen LogP contribution is 2.38. The molecule has 0 aromatic heterocycles. The fourth-order valence-corrected chi connectivity index (χ4v) is 4.21. The first-order chi connectivity index (χ1) is 19.5. The Hall–Kier alpha value is -3.59. The number of urea groups is 1. The van der Waals surface area contributed by atoms with E-state index in [1.807, 2.05) is 76.2 Å². The molecule has 1 heterocycles. The van der Waals surface area contributed by atoms with E-state index in [-0.39, 0.29) is 23.4 Å². The van der Waals surface area contributed by atoms with Crippen molar-refractivity contribution in [2.75, 3.05) is 47.9 Å². The predicted molar refractivity (Wildman–Crippen MR) is 164 cm³/mol. The van der Waals surface area contributed by atoms with Gasteiger partial charge in [0.05, 0.1) is 18.6 Å². The van der Waals surface area contributed by atoms with Crippen LogP contribution in [-0.2, 0) is 9.59 Å². The largest absolute Gasteiger partial charge is 0.508 e. The van der Waals surface area contributed by atoms with Gasteiger partial charge in [-0.25, -0.2) is 4.79 Å². The minimum Gasteiger partial charge on any atom is -0.508 e. The molecular formula is C32H50N4O5. The highest BCUT2D eigenvalue weighted by Gasteiger charge is 2.52. The molecule has 2 aromatic rings. The summed E-state index contributed by atoms with van der Waals surface area (Å²) in [6.07, 6.45) is 4.17. The van der Waals surface area contributed by atoms with Crippen LogP contribution >= 0.6 is 0 Å². The number of methoxy groups -OCH3 is 1. The molecule has 1 aliphatic heterocycles. The van der Waals surface area contributed by atoms with Crippen LogP contribution in [0, 0.1) is 12.3 Å². The van der Waals surface area contributed by atoms with Crippen LogP contribution in [0.15, 0.2) is 48.5 Å². The number of benzene rings is 2. The number of carbonyl (C=O) groups excluding carboxylic acids is 3. The number of phenolic OH excluding ortho intramolecular Hbond substituents is 1. The summed E-state index contributed by atoms with van der Waals surface area (Å²) in [5.74, 6) is 1.07. The highest BCUT2D eigenvalue weighted by molar-refractivity contribution is 6.02. The molecule has 1 fully saturated rings. The molecule has 1 aliphatic rings. The third-order valence-electron chi connectivity index (χ3n) is 7.27. The summed E-state index contributed by atoms with van der Waals surface area (Å²) in [5, 5.41) is 11.8. The molecule has 1 saturated heterocycles. The smallest absolute Gasteiger partial charge is 0.324 e. The normalized spacial score (nSPS) is 14.0. The van der Waals surface area contributed by atoms with E-state index in [0.717, 1.165) is 56.5 Å². The van der Waals surface area contributed by atoms with E-state index < -0.39 is 0 Å². The lowest BCUT2D eigenvalue weighted by Gasteiger charge is -2.47. The molecule has 3 rings (SSSR count). The van der Waals surface area contributed by atoms with E-state index in [9.17, 15) is 14.4 Å². The number of nitrogens with zero attached hydrogens (tertiary/aromatic N) is 3. The monoisotopic (exact) mass is 570 g/mol. The first-order valence-electron chi connectivity index (χ1n) is 14.3. The van der Waals surface area contributed by atoms with Crippen LogP contribution in [-0.4, -0.2) is 86.0 Å². The molecule has 0 spiro atoms. The first kappa shape index (κ1) is 35.4. The van der Waals surface area contributed by atoms with Crippen molar-refractivity contribution in [3.63, 3.8) is 0 Å². The van der Waals surface area contributed by atoms with Crippen molar-refractivity contribution < 1.29 is 24.2 Å². The number of aryl methyl sites for hydroxylation is 1. The number of nitrogens with one attached hydrogen (secondary N) is 1. The van der Waals surface area contributed by atoms with Crippen molar-refractivity contribution in [3.8, 4) is 11.5 Å². The average molecular weight is 571 g/mol. The Balaban J connectivity index is 0.000000402. The quantitative estimate of drug-likeness (QED) is 0.283. The third kappa shape index (κ3) is 11.4. The number of likely N-dealkylation sites (tertiary alicyclic amines) is 1. The molecular weight excluding hydrogens is 520 g/mol. The fraction of sp³-hybridized carbons (Fsp3) is 0.531. The Morgan fingerprint density at radius 1 is 1.05 bits per heavy atom. The SMILES string of the molecule is CCCC(NC(=O)N1CC(CC)(CC)C1=O)c1ccc(OC)cc1.CN(C)CCN(C)C=O.Cc1ccc(O)cc1. The number of aromatic hydroxyl groups is 1. The molecule has 0 bridgehead atoms. The first-order valence-corrected chi connectivity index (χ1v) is 14.3. The zero-order valence-corrected chi connectivity index (χ0v) is 26.1. The lowest BCUT2D eigenvalue weighted by atomic mass is 9.74. The van der Waals surface area contributed by atoms with Crippen molar-refractivity contribution in [2.45, 2.75) is 59.4 Å². The molecule has 41 heavy (non-hydrogen) atoms. The summed E-state index contributed by atoms with van der Waals surface area (Å²) >= 11 is 0. The Bertz CT molecular complexity index is 1030. The van der Waals surface area contributed by atoms with Gasteiger partial charge in [0.2, 0.25) is 12.3 Å². The second-order valence-corrected chi connectivity index (χ2v) is 10.7. The number of imide groups is 1. The number of rotatable bonds is 11. The summed E-state index contributed by atoms with van der Waals surface area (Å²) in [4.78, 5) is 39.9. The number of amides is 4. The Morgan fingerprint density at radius 3 is 2.05 bits per heavy atom. The minimum atomic E-state index is -0.336. The maximum Gasteiger partial charge on any atom is 0.324 e. The van der Waals surface area contributed by atoms with Crippen LogP contribution in [0.2, 0.25) is 0 Å². The standard InChI is InChI=1S/C19H28N2O3.C7H8O.C6H14N2O/c1-5-8-16(14-9-11-15(24-4)12-10-14)20-18(23)21-13-19(6-2,7-3)17(21)22;1-6-2-4-7(8)5-3-6;1-7(2)4-5-8(3)6-9/h9-12,16H,5-8,13H2,1-4H3,(H,20,23);2-5,8H,1H3;6H,4-5H2,1-3H3. The molecule has 0 aliphatic carbocycles. The topological polar surface area (TPSA) is 102 Å². The lowest BCUT2D eigenvalue weighted by Crippen LogP contribution is -2.65. The van der Waals surface area contributed by atoms with Gasteiger partial charge >= 0.3 is 6.03 Å². The summed E-state index contributed by atoms with van der Waals surface area (Å²) < 4.78 is 5.18. The van der Waals surface area contributed by atoms with E-state index in [1.165, 1.54) is 10.5 Å².